The number of nitrogens with zero attached hydrogens (tertiary/aromatic N) is 1. The van der Waals surface area contributed by atoms with Crippen molar-refractivity contribution < 1.29 is 13.4 Å². The van der Waals surface area contributed by atoms with E-state index in [1.54, 1.807) is 18.6 Å². The fourth-order valence-electron chi connectivity index (χ4n) is 1.50. The highest BCUT2D eigenvalue weighted by Gasteiger charge is 2.14. The van der Waals surface area contributed by atoms with Crippen LogP contribution in [0.1, 0.15) is 12.7 Å². The van der Waals surface area contributed by atoms with Gasteiger partial charge in [0.05, 0.1) is 19.4 Å². The molecule has 1 rings (SSSR count). The van der Waals surface area contributed by atoms with Gasteiger partial charge in [0.2, 0.25) is 5.91 Å². The first kappa shape index (κ1) is 14.9. The van der Waals surface area contributed by atoms with Gasteiger partial charge >= 0.3 is 0 Å². The van der Waals surface area contributed by atoms with E-state index in [-0.39, 0.29) is 11.9 Å². The van der Waals surface area contributed by atoms with Crippen molar-refractivity contribution in [3.8, 4) is 0 Å². The molecule has 0 unspecified atom stereocenters. The number of rotatable bonds is 7. The van der Waals surface area contributed by atoms with E-state index in [0.717, 1.165) is 5.76 Å². The molecule has 0 radical (unpaired) electrons. The van der Waals surface area contributed by atoms with Gasteiger partial charge in [-0.15, -0.1) is 0 Å². The van der Waals surface area contributed by atoms with E-state index in [0.29, 0.717) is 18.8 Å². The number of nitrogens with one attached hydrogen (secondary N) is 1. The molecule has 0 spiro atoms. The Kier molecular flexibility index (Phi) is 6.07. The Balaban J connectivity index is 2.28. The maximum Gasteiger partial charge on any atom is 0.234 e. The summed E-state index contributed by atoms with van der Waals surface area (Å²) < 4.78 is 16.2. The summed E-state index contributed by atoms with van der Waals surface area (Å²) in [5, 5.41) is 2.77. The van der Waals surface area contributed by atoms with Crippen LogP contribution in [0.25, 0.3) is 0 Å². The van der Waals surface area contributed by atoms with Crippen molar-refractivity contribution in [2.45, 2.75) is 19.5 Å². The zero-order valence-corrected chi connectivity index (χ0v) is 11.8. The summed E-state index contributed by atoms with van der Waals surface area (Å²) in [6, 6.07) is 3.71. The maximum absolute atomic E-state index is 11.7. The van der Waals surface area contributed by atoms with E-state index in [4.69, 9.17) is 4.42 Å². The smallest absolute Gasteiger partial charge is 0.234 e. The number of hydrogen-bond donors (Lipinski definition) is 1. The van der Waals surface area contributed by atoms with Gasteiger partial charge in [0.15, 0.2) is 0 Å². The molecule has 0 saturated heterocycles. The highest BCUT2D eigenvalue weighted by molar-refractivity contribution is 7.84. The molecule has 0 aromatic carbocycles. The third kappa shape index (κ3) is 5.46. The number of carbonyl (C=O) groups is 1. The molecule has 1 amide bonds. The van der Waals surface area contributed by atoms with E-state index in [1.165, 1.54) is 0 Å². The second kappa shape index (κ2) is 7.33. The van der Waals surface area contributed by atoms with Crippen LogP contribution in [-0.2, 0) is 22.1 Å². The van der Waals surface area contributed by atoms with Crippen molar-refractivity contribution in [1.29, 1.82) is 0 Å². The third-order valence-corrected chi connectivity index (χ3v) is 3.61. The molecule has 18 heavy (non-hydrogen) atoms. The summed E-state index contributed by atoms with van der Waals surface area (Å²) in [5.74, 6) is 1.23. The van der Waals surface area contributed by atoms with Gasteiger partial charge in [-0.3, -0.25) is 13.9 Å². The summed E-state index contributed by atoms with van der Waals surface area (Å²) in [6.07, 6.45) is 3.24. The van der Waals surface area contributed by atoms with Crippen LogP contribution >= 0.6 is 0 Å². The van der Waals surface area contributed by atoms with Crippen LogP contribution in [0.4, 0.5) is 0 Å². The van der Waals surface area contributed by atoms with Crippen LogP contribution in [0.15, 0.2) is 22.8 Å². The normalized spacial score (nSPS) is 14.4. The van der Waals surface area contributed by atoms with E-state index in [1.807, 2.05) is 24.9 Å². The summed E-state index contributed by atoms with van der Waals surface area (Å²) in [5.41, 5.74) is 0. The quantitative estimate of drug-likeness (QED) is 0.789. The molecule has 0 aliphatic heterocycles. The molecule has 6 heteroatoms. The van der Waals surface area contributed by atoms with Crippen molar-refractivity contribution in [1.82, 2.24) is 10.2 Å². The van der Waals surface area contributed by atoms with Gasteiger partial charge < -0.3 is 9.73 Å². The second-order valence-corrected chi connectivity index (χ2v) is 5.84. The molecule has 5 nitrogen and oxygen atoms in total. The van der Waals surface area contributed by atoms with Gasteiger partial charge in [0.25, 0.3) is 0 Å². The van der Waals surface area contributed by atoms with Gasteiger partial charge in [0, 0.05) is 28.9 Å². The fraction of sp³-hybridized carbons (Fsp3) is 0.583. The molecule has 0 fully saturated rings. The fourth-order valence-corrected chi connectivity index (χ4v) is 2.44. The van der Waals surface area contributed by atoms with Gasteiger partial charge in [-0.2, -0.15) is 0 Å². The van der Waals surface area contributed by atoms with Gasteiger partial charge in [-0.05, 0) is 26.1 Å². The highest BCUT2D eigenvalue weighted by atomic mass is 32.2. The summed E-state index contributed by atoms with van der Waals surface area (Å²) in [6.45, 7) is 2.65. The van der Waals surface area contributed by atoms with Crippen molar-refractivity contribution >= 4 is 16.7 Å². The Labute approximate surface area is 110 Å². The maximum atomic E-state index is 11.7. The van der Waals surface area contributed by atoms with Crippen LogP contribution in [-0.4, -0.2) is 46.7 Å². The molecule has 1 N–H and O–H groups in total. The Hall–Kier alpha value is -1.14. The Morgan fingerprint density at radius 1 is 1.61 bits per heavy atom. The number of likely N-dealkylation sites (N-methyl/N-ethyl adjacent to an activating group) is 1. The standard InChI is InChI=1S/C12H20N2O3S/c1-10(9-18(3)16)14(2)8-12(15)13-7-11-5-4-6-17-11/h4-6,10H,7-9H2,1-3H3,(H,13,15)/t10-,18-/m0/s1. The Bertz CT molecular complexity index is 392. The lowest BCUT2D eigenvalue weighted by Crippen LogP contribution is -2.41. The van der Waals surface area contributed by atoms with E-state index in [9.17, 15) is 9.00 Å². The predicted molar refractivity (Wildman–Crippen MR) is 71.6 cm³/mol. The Morgan fingerprint density at radius 2 is 2.33 bits per heavy atom. The molecule has 0 aliphatic rings. The molecule has 1 heterocycles. The molecule has 1 aromatic heterocycles. The van der Waals surface area contributed by atoms with Crippen molar-refractivity contribution in [3.63, 3.8) is 0 Å². The van der Waals surface area contributed by atoms with Crippen LogP contribution in [0.3, 0.4) is 0 Å². The lowest BCUT2D eigenvalue weighted by molar-refractivity contribution is -0.122. The largest absolute Gasteiger partial charge is 0.467 e. The minimum absolute atomic E-state index is 0.0670. The average molecular weight is 272 g/mol. The lowest BCUT2D eigenvalue weighted by atomic mass is 10.3. The molecule has 1 aromatic rings. The summed E-state index contributed by atoms with van der Waals surface area (Å²) in [7, 11) is 1.00. The molecule has 0 aliphatic carbocycles. The summed E-state index contributed by atoms with van der Waals surface area (Å²) in [4.78, 5) is 13.6. The SMILES string of the molecule is C[C@@H](C[S@](C)=O)N(C)CC(=O)NCc1ccco1. The van der Waals surface area contributed by atoms with Gasteiger partial charge in [0.1, 0.15) is 5.76 Å². The van der Waals surface area contributed by atoms with Crippen molar-refractivity contribution in [2.75, 3.05) is 25.6 Å². The van der Waals surface area contributed by atoms with Crippen LogP contribution in [0, 0.1) is 0 Å². The highest BCUT2D eigenvalue weighted by Crippen LogP contribution is 2.00. The molecule has 0 bridgehead atoms. The van der Waals surface area contributed by atoms with E-state index >= 15 is 0 Å². The predicted octanol–water partition coefficient (Wildman–Crippen LogP) is 0.595. The van der Waals surface area contributed by atoms with Gasteiger partial charge in [-0.25, -0.2) is 0 Å². The summed E-state index contributed by atoms with van der Waals surface area (Å²) >= 11 is 0. The van der Waals surface area contributed by atoms with E-state index < -0.39 is 10.8 Å². The Morgan fingerprint density at radius 3 is 2.89 bits per heavy atom. The zero-order valence-electron chi connectivity index (χ0n) is 11.0. The van der Waals surface area contributed by atoms with Crippen molar-refractivity contribution in [2.24, 2.45) is 0 Å². The van der Waals surface area contributed by atoms with Crippen LogP contribution < -0.4 is 5.32 Å². The number of furan rings is 1. The second-order valence-electron chi connectivity index (χ2n) is 4.36. The minimum Gasteiger partial charge on any atom is -0.467 e. The van der Waals surface area contributed by atoms with Crippen LogP contribution in [0.2, 0.25) is 0 Å². The first-order valence-corrected chi connectivity index (χ1v) is 7.51. The monoisotopic (exact) mass is 272 g/mol. The minimum atomic E-state index is -0.847. The lowest BCUT2D eigenvalue weighted by Gasteiger charge is -2.23. The topological polar surface area (TPSA) is 62.6 Å². The molecular weight excluding hydrogens is 252 g/mol. The van der Waals surface area contributed by atoms with Gasteiger partial charge in [-0.1, -0.05) is 0 Å². The molecule has 0 saturated carbocycles. The van der Waals surface area contributed by atoms with Crippen LogP contribution in [0.5, 0.6) is 0 Å². The van der Waals surface area contributed by atoms with E-state index in [2.05, 4.69) is 5.32 Å². The zero-order chi connectivity index (χ0) is 13.5. The first-order valence-electron chi connectivity index (χ1n) is 5.78. The molecular formula is C12H20N2O3S. The van der Waals surface area contributed by atoms with Crippen molar-refractivity contribution in [3.05, 3.63) is 24.2 Å². The molecule has 102 valence electrons. The number of carbonyl (C=O) groups excluding carboxylic acids is 1. The number of hydrogen-bond acceptors (Lipinski definition) is 4. The molecule has 2 atom stereocenters. The average Bonchev–Trinajstić information content (AvgIpc) is 2.78. The third-order valence-electron chi connectivity index (χ3n) is 2.66. The number of amides is 1. The first-order chi connectivity index (χ1) is 8.49.